The van der Waals surface area contributed by atoms with Crippen molar-refractivity contribution in [3.63, 3.8) is 0 Å². The minimum absolute atomic E-state index is 0.00276. The highest BCUT2D eigenvalue weighted by Gasteiger charge is 2.07. The fourth-order valence-corrected chi connectivity index (χ4v) is 2.90. The molecule has 2 N–H and O–H groups in total. The third kappa shape index (κ3) is 5.70. The number of aromatic nitrogens is 2. The average molecular weight is 405 g/mol. The van der Waals surface area contributed by atoms with Gasteiger partial charge in [-0.2, -0.15) is 5.10 Å². The van der Waals surface area contributed by atoms with Gasteiger partial charge in [0.05, 0.1) is 12.2 Å². The molecule has 0 aliphatic carbocycles. The van der Waals surface area contributed by atoms with Crippen LogP contribution in [0.25, 0.3) is 5.69 Å². The van der Waals surface area contributed by atoms with E-state index in [2.05, 4.69) is 32.9 Å². The summed E-state index contributed by atoms with van der Waals surface area (Å²) in [6.45, 7) is 4.02. The van der Waals surface area contributed by atoms with Crippen LogP contribution < -0.4 is 10.6 Å². The highest BCUT2D eigenvalue weighted by molar-refractivity contribution is 5.93. The highest BCUT2D eigenvalue weighted by Crippen LogP contribution is 2.10. The van der Waals surface area contributed by atoms with Gasteiger partial charge < -0.3 is 15.5 Å². The predicted molar refractivity (Wildman–Crippen MR) is 120 cm³/mol. The van der Waals surface area contributed by atoms with Crippen LogP contribution >= 0.6 is 0 Å². The van der Waals surface area contributed by atoms with Crippen LogP contribution in [0.2, 0.25) is 0 Å². The van der Waals surface area contributed by atoms with E-state index in [0.29, 0.717) is 18.7 Å². The second-order valence-corrected chi connectivity index (χ2v) is 7.06. The van der Waals surface area contributed by atoms with Gasteiger partial charge in [0, 0.05) is 45.1 Å². The van der Waals surface area contributed by atoms with Gasteiger partial charge in [-0.05, 0) is 48.4 Å². The van der Waals surface area contributed by atoms with Gasteiger partial charge in [-0.3, -0.25) is 4.79 Å². The molecular formula is C23H28N6O. The number of benzene rings is 2. The molecule has 7 heteroatoms. The molecule has 0 fully saturated rings. The molecule has 2 aromatic carbocycles. The summed E-state index contributed by atoms with van der Waals surface area (Å²) in [6, 6.07) is 17.7. The normalized spacial score (nSPS) is 11.2. The van der Waals surface area contributed by atoms with Crippen LogP contribution in [-0.4, -0.2) is 47.2 Å². The van der Waals surface area contributed by atoms with E-state index in [1.165, 1.54) is 0 Å². The Kier molecular flexibility index (Phi) is 7.21. The minimum Gasteiger partial charge on any atom is -0.357 e. The number of nitrogens with one attached hydrogen (secondary N) is 2. The second kappa shape index (κ2) is 10.2. The Bertz CT molecular complexity index is 960. The number of guanidine groups is 1. The zero-order valence-corrected chi connectivity index (χ0v) is 17.7. The summed E-state index contributed by atoms with van der Waals surface area (Å²) in [5.74, 6) is 0.755. The van der Waals surface area contributed by atoms with Crippen LogP contribution in [0.1, 0.15) is 28.4 Å². The van der Waals surface area contributed by atoms with Gasteiger partial charge in [0.25, 0.3) is 5.91 Å². The van der Waals surface area contributed by atoms with Gasteiger partial charge in [-0.25, -0.2) is 9.67 Å². The number of carbonyl (C=O) groups is 1. The lowest BCUT2D eigenvalue weighted by molar-refractivity contribution is 0.0827. The first-order valence-electron chi connectivity index (χ1n) is 9.98. The SMILES string of the molecule is CCNC(=NCc1ccc(-n2cccn2)cc1)NCc1ccc(C(=O)N(C)C)cc1. The van der Waals surface area contributed by atoms with E-state index in [0.717, 1.165) is 29.3 Å². The molecule has 0 unspecified atom stereocenters. The van der Waals surface area contributed by atoms with Crippen LogP contribution in [-0.2, 0) is 13.1 Å². The molecule has 0 radical (unpaired) electrons. The van der Waals surface area contributed by atoms with Crippen molar-refractivity contribution in [2.75, 3.05) is 20.6 Å². The number of rotatable bonds is 7. The summed E-state index contributed by atoms with van der Waals surface area (Å²) < 4.78 is 1.83. The topological polar surface area (TPSA) is 74.5 Å². The molecule has 156 valence electrons. The maximum Gasteiger partial charge on any atom is 0.253 e. The molecule has 3 rings (SSSR count). The average Bonchev–Trinajstić information content (AvgIpc) is 3.31. The van der Waals surface area contributed by atoms with Crippen LogP contribution in [0, 0.1) is 0 Å². The first kappa shape index (κ1) is 21.1. The monoisotopic (exact) mass is 404 g/mol. The molecule has 1 heterocycles. The molecule has 1 aromatic heterocycles. The molecule has 0 bridgehead atoms. The van der Waals surface area contributed by atoms with Crippen molar-refractivity contribution < 1.29 is 4.79 Å². The van der Waals surface area contributed by atoms with Crippen molar-refractivity contribution in [3.8, 4) is 5.69 Å². The summed E-state index contributed by atoms with van der Waals surface area (Å²) in [4.78, 5) is 18.2. The molecule has 0 atom stereocenters. The first-order valence-corrected chi connectivity index (χ1v) is 9.98. The summed E-state index contributed by atoms with van der Waals surface area (Å²) in [6.07, 6.45) is 3.68. The van der Waals surface area contributed by atoms with Gasteiger partial charge in [0.1, 0.15) is 0 Å². The molecule has 0 aliphatic rings. The Hall–Kier alpha value is -3.61. The maximum atomic E-state index is 12.0. The van der Waals surface area contributed by atoms with Gasteiger partial charge in [-0.1, -0.05) is 24.3 Å². The van der Waals surface area contributed by atoms with E-state index in [9.17, 15) is 4.79 Å². The van der Waals surface area contributed by atoms with E-state index in [-0.39, 0.29) is 5.91 Å². The third-order valence-corrected chi connectivity index (χ3v) is 4.54. The lowest BCUT2D eigenvalue weighted by atomic mass is 10.1. The number of nitrogens with zero attached hydrogens (tertiary/aromatic N) is 4. The lowest BCUT2D eigenvalue weighted by Crippen LogP contribution is -2.36. The first-order chi connectivity index (χ1) is 14.6. The van der Waals surface area contributed by atoms with E-state index >= 15 is 0 Å². The van der Waals surface area contributed by atoms with Crippen molar-refractivity contribution in [1.29, 1.82) is 0 Å². The quantitative estimate of drug-likeness (QED) is 0.469. The van der Waals surface area contributed by atoms with Crippen LogP contribution in [0.5, 0.6) is 0 Å². The molecule has 1 amide bonds. The van der Waals surface area contributed by atoms with E-state index in [4.69, 9.17) is 0 Å². The molecule has 0 spiro atoms. The summed E-state index contributed by atoms with van der Waals surface area (Å²) >= 11 is 0. The zero-order valence-electron chi connectivity index (χ0n) is 17.7. The van der Waals surface area contributed by atoms with Crippen molar-refractivity contribution in [2.45, 2.75) is 20.0 Å². The lowest BCUT2D eigenvalue weighted by Gasteiger charge is -2.13. The van der Waals surface area contributed by atoms with Crippen molar-refractivity contribution >= 4 is 11.9 Å². The van der Waals surface area contributed by atoms with Crippen molar-refractivity contribution in [3.05, 3.63) is 83.7 Å². The Morgan fingerprint density at radius 1 is 1.03 bits per heavy atom. The van der Waals surface area contributed by atoms with Gasteiger partial charge in [0.15, 0.2) is 5.96 Å². The molecule has 30 heavy (non-hydrogen) atoms. The molecule has 0 saturated carbocycles. The minimum atomic E-state index is 0.00276. The fourth-order valence-electron chi connectivity index (χ4n) is 2.90. The van der Waals surface area contributed by atoms with E-state index in [1.807, 2.05) is 60.3 Å². The Balaban J connectivity index is 1.58. The number of hydrogen-bond donors (Lipinski definition) is 2. The summed E-state index contributed by atoms with van der Waals surface area (Å²) in [5.41, 5.74) is 3.91. The van der Waals surface area contributed by atoms with E-state index < -0.39 is 0 Å². The molecule has 0 aliphatic heterocycles. The third-order valence-electron chi connectivity index (χ3n) is 4.54. The smallest absolute Gasteiger partial charge is 0.253 e. The Morgan fingerprint density at radius 3 is 2.33 bits per heavy atom. The van der Waals surface area contributed by atoms with Gasteiger partial charge in [0.2, 0.25) is 0 Å². The molecular weight excluding hydrogens is 376 g/mol. The summed E-state index contributed by atoms with van der Waals surface area (Å²) in [5, 5.41) is 10.8. The number of aliphatic imine (C=N–C) groups is 1. The van der Waals surface area contributed by atoms with Gasteiger partial charge >= 0.3 is 0 Å². The van der Waals surface area contributed by atoms with Crippen LogP contribution in [0.15, 0.2) is 72.0 Å². The Labute approximate surface area is 177 Å². The Morgan fingerprint density at radius 2 is 1.73 bits per heavy atom. The molecule has 3 aromatic rings. The van der Waals surface area contributed by atoms with Crippen molar-refractivity contribution in [2.24, 2.45) is 4.99 Å². The molecule has 0 saturated heterocycles. The number of carbonyl (C=O) groups excluding carboxylic acids is 1. The largest absolute Gasteiger partial charge is 0.357 e. The molecule has 7 nitrogen and oxygen atoms in total. The van der Waals surface area contributed by atoms with Gasteiger partial charge in [-0.15, -0.1) is 0 Å². The standard InChI is InChI=1S/C23H28N6O/c1-4-24-23(25-16-18-6-10-20(11-7-18)22(30)28(2)3)26-17-19-8-12-21(13-9-19)29-15-5-14-27-29/h5-15H,4,16-17H2,1-3H3,(H2,24,25,26). The zero-order chi connectivity index (χ0) is 21.3. The van der Waals surface area contributed by atoms with E-state index in [1.54, 1.807) is 25.2 Å². The van der Waals surface area contributed by atoms with Crippen LogP contribution in [0.4, 0.5) is 0 Å². The number of amides is 1. The fraction of sp³-hybridized carbons (Fsp3) is 0.261. The van der Waals surface area contributed by atoms with Crippen LogP contribution in [0.3, 0.4) is 0 Å². The predicted octanol–water partition coefficient (Wildman–Crippen LogP) is 2.83. The highest BCUT2D eigenvalue weighted by atomic mass is 16.2. The number of hydrogen-bond acceptors (Lipinski definition) is 3. The van der Waals surface area contributed by atoms with Crippen molar-refractivity contribution in [1.82, 2.24) is 25.3 Å². The maximum absolute atomic E-state index is 12.0. The second-order valence-electron chi connectivity index (χ2n) is 7.06. The summed E-state index contributed by atoms with van der Waals surface area (Å²) in [7, 11) is 3.50.